The number of primary amides is 5. The van der Waals surface area contributed by atoms with Crippen LogP contribution in [0.5, 0.6) is 5.75 Å². The minimum Gasteiger partial charge on any atom is -0.508 e. The summed E-state index contributed by atoms with van der Waals surface area (Å²) >= 11 is 0. The molecule has 0 saturated carbocycles. The first-order chi connectivity index (χ1) is 51.6. The van der Waals surface area contributed by atoms with Gasteiger partial charge < -0.3 is 107 Å². The maximum atomic E-state index is 15.2. The molecule has 109 heavy (non-hydrogen) atoms. The molecule has 596 valence electrons. The van der Waals surface area contributed by atoms with Crippen LogP contribution in [0.3, 0.4) is 0 Å². The van der Waals surface area contributed by atoms with Crippen LogP contribution in [0.1, 0.15) is 147 Å². The Morgan fingerprint density at radius 2 is 0.752 bits per heavy atom. The number of nitrogens with one attached hydrogen (secondary N) is 8. The molecule has 38 nitrogen and oxygen atoms in total. The van der Waals surface area contributed by atoms with Crippen molar-refractivity contribution in [1.82, 2.24) is 62.1 Å². The lowest BCUT2D eigenvalue weighted by atomic mass is 10.0. The predicted molar refractivity (Wildman–Crippen MR) is 385 cm³/mol. The van der Waals surface area contributed by atoms with E-state index in [0.717, 1.165) is 9.80 Å². The number of hydrogen-bond acceptors (Lipinski definition) is 20. The zero-order valence-corrected chi connectivity index (χ0v) is 61.1. The Kier molecular flexibility index (Phi) is 33.1. The van der Waals surface area contributed by atoms with Gasteiger partial charge in [-0.05, 0) is 119 Å². The van der Waals surface area contributed by atoms with E-state index in [9.17, 15) is 91.7 Å². The fourth-order valence-corrected chi connectivity index (χ4v) is 13.6. The molecule has 2 aromatic carbocycles. The maximum absolute atomic E-state index is 15.2. The number of likely N-dealkylation sites (tertiary alicyclic amines) is 4. The second kappa shape index (κ2) is 41.7. The summed E-state index contributed by atoms with van der Waals surface area (Å²) in [5, 5.41) is 39.8. The van der Waals surface area contributed by atoms with Crippen molar-refractivity contribution in [1.29, 1.82) is 0 Å². The molecule has 4 aliphatic rings. The van der Waals surface area contributed by atoms with Crippen molar-refractivity contribution >= 4 is 106 Å². The largest absolute Gasteiger partial charge is 0.508 e. The summed E-state index contributed by atoms with van der Waals surface area (Å²) in [5.74, 6) is -16.3. The fourth-order valence-electron chi connectivity index (χ4n) is 13.6. The molecule has 2 aromatic rings. The van der Waals surface area contributed by atoms with Crippen LogP contribution < -0.4 is 76.9 Å². The highest BCUT2D eigenvalue weighted by Crippen LogP contribution is 2.28. The molecule has 4 heterocycles. The molecule has 38 heteroatoms. The molecule has 17 amide bonds. The van der Waals surface area contributed by atoms with Crippen LogP contribution in [0.2, 0.25) is 0 Å². The quantitative estimate of drug-likeness (QED) is 0.0295. The molecule has 0 bridgehead atoms. The van der Waals surface area contributed by atoms with Gasteiger partial charge in [0.2, 0.25) is 100 Å². The van der Waals surface area contributed by atoms with Crippen molar-refractivity contribution in [2.75, 3.05) is 32.7 Å². The fraction of sp³-hybridized carbons (Fsp3) is 0.577. The molecular formula is C71H102N18O20. The number of hydrogen-bond donors (Lipinski definition) is 16. The monoisotopic (exact) mass is 1530 g/mol. The molecule has 22 N–H and O–H groups in total. The average Bonchev–Trinajstić information content (AvgIpc) is 1.75. The first-order valence-electron chi connectivity index (χ1n) is 36.5. The van der Waals surface area contributed by atoms with Crippen molar-refractivity contribution in [2.24, 2.45) is 40.3 Å². The van der Waals surface area contributed by atoms with Crippen molar-refractivity contribution < 1.29 is 96.5 Å². The van der Waals surface area contributed by atoms with Crippen LogP contribution in [0.25, 0.3) is 0 Å². The van der Waals surface area contributed by atoms with E-state index in [0.29, 0.717) is 17.5 Å². The van der Waals surface area contributed by atoms with Gasteiger partial charge in [-0.2, -0.15) is 0 Å². The van der Waals surface area contributed by atoms with Gasteiger partial charge in [0.25, 0.3) is 0 Å². The van der Waals surface area contributed by atoms with Crippen LogP contribution in [-0.2, 0) is 99.1 Å². The van der Waals surface area contributed by atoms with Gasteiger partial charge in [0.1, 0.15) is 72.2 Å². The van der Waals surface area contributed by atoms with Crippen LogP contribution >= 0.6 is 0 Å². The molecule has 0 aliphatic carbocycles. The van der Waals surface area contributed by atoms with Gasteiger partial charge in [-0.3, -0.25) is 81.5 Å². The number of carbonyl (C=O) groups is 18. The summed E-state index contributed by atoms with van der Waals surface area (Å²) in [6, 6.07) is -2.81. The Labute approximate surface area is 628 Å². The molecule has 4 saturated heterocycles. The number of phenols is 1. The molecule has 4 aliphatic heterocycles. The summed E-state index contributed by atoms with van der Waals surface area (Å²) in [5.41, 5.74) is 34.3. The third-order valence-corrected chi connectivity index (χ3v) is 19.3. The molecule has 0 spiro atoms. The Balaban J connectivity index is 1.17. The van der Waals surface area contributed by atoms with Crippen molar-refractivity contribution in [3.05, 3.63) is 65.7 Å². The van der Waals surface area contributed by atoms with Gasteiger partial charge in [0.05, 0.1) is 12.6 Å². The zero-order valence-electron chi connectivity index (χ0n) is 61.1. The number of carboxylic acids is 1. The first-order valence-corrected chi connectivity index (χ1v) is 36.5. The number of rotatable bonds is 42. The maximum Gasteiger partial charge on any atom is 0.326 e. The summed E-state index contributed by atoms with van der Waals surface area (Å²) in [6.07, 6.45) is -3.25. The van der Waals surface area contributed by atoms with Gasteiger partial charge in [-0.15, -0.1) is 0 Å². The summed E-state index contributed by atoms with van der Waals surface area (Å²) < 4.78 is 0. The standard InChI is InChI=1S/C71H102N18O20/c1-38(2)34-42(72)60(97)78-37-59(96)79-43(20-25-54(73)91)61(98)80-44(21-26-55(74)92)62(99)82-46(23-28-57(76)94)67(104)86-30-6-12-50(86)65(102)84-48(35-39-10-4-3-5-11-39)69(106)89-33-9-15-53(89)70(107)88-32-8-14-52(88)64(101)81-45(22-27-56(75)93)63(100)83-47(24-29-58(77)95)68(105)87-31-7-13-51(87)66(103)85-49(71(108)109)36-40-16-18-41(90)19-17-40/h3-5,10-11,16-19,38,42-53,90H,6-9,12-15,20-37,72H2,1-2H3,(H2,73,91)(H2,74,92)(H2,75,93)(H2,76,94)(H2,77,95)(H,78,97)(H,79,96)(H,80,98)(H,81,101)(H,82,99)(H,83,100)(H,84,102)(H,85,103)(H,108,109)/t42-,43-,44-,45-,46-,47-,48-,49-,50-,51-,52-,53-/m0/s1. The van der Waals surface area contributed by atoms with Gasteiger partial charge in [0.15, 0.2) is 0 Å². The molecule has 12 atom stereocenters. The van der Waals surface area contributed by atoms with E-state index in [4.69, 9.17) is 34.4 Å². The number of aromatic hydroxyl groups is 1. The smallest absolute Gasteiger partial charge is 0.326 e. The van der Waals surface area contributed by atoms with E-state index in [2.05, 4.69) is 42.5 Å². The normalized spacial score (nSPS) is 18.9. The SMILES string of the molecule is CC(C)C[C@H](N)C(=O)NCC(=O)N[C@@H](CCC(N)=O)C(=O)N[C@@H](CCC(N)=O)C(=O)N[C@@H](CCC(N)=O)C(=O)N1CCC[C@H]1C(=O)N[C@@H](Cc1ccccc1)C(=O)N1CCC[C@H]1C(=O)N1CCC[C@H]1C(=O)N[C@@H](CCC(N)=O)C(=O)N[C@@H](CCC(N)=O)C(=O)N1CCC[C@H]1C(=O)N[C@@H](Cc1ccc(O)cc1)C(=O)O. The lowest BCUT2D eigenvalue weighted by Gasteiger charge is -2.34. The molecule has 6 rings (SSSR count). The van der Waals surface area contributed by atoms with E-state index >= 15 is 4.79 Å². The summed E-state index contributed by atoms with van der Waals surface area (Å²) in [4.78, 5) is 249. The van der Waals surface area contributed by atoms with Crippen LogP contribution in [0.4, 0.5) is 0 Å². The number of phenolic OH excluding ortho intramolecular Hbond substituents is 1. The minimum atomic E-state index is -1.69. The number of nitrogens with zero attached hydrogens (tertiary/aromatic N) is 4. The minimum absolute atomic E-state index is 0.00209. The van der Waals surface area contributed by atoms with Crippen LogP contribution in [-0.4, -0.2) is 241 Å². The molecule has 0 radical (unpaired) electrons. The first kappa shape index (κ1) is 86.6. The summed E-state index contributed by atoms with van der Waals surface area (Å²) in [6.45, 7) is 2.92. The second-order valence-electron chi connectivity index (χ2n) is 28.1. The Bertz CT molecular complexity index is 3680. The number of carboxylic acid groups (broad SMARTS) is 1. The third-order valence-electron chi connectivity index (χ3n) is 19.3. The number of carbonyl (C=O) groups excluding carboxylic acids is 17. The van der Waals surface area contributed by atoms with Crippen molar-refractivity contribution in [3.8, 4) is 5.75 Å². The highest BCUT2D eigenvalue weighted by molar-refractivity contribution is 6.01. The Hall–Kier alpha value is -11.3. The van der Waals surface area contributed by atoms with Gasteiger partial charge >= 0.3 is 5.97 Å². The van der Waals surface area contributed by atoms with E-state index in [1.807, 2.05) is 13.8 Å². The topological polar surface area (TPSA) is 613 Å². The lowest BCUT2D eigenvalue weighted by Crippen LogP contribution is -2.60. The molecule has 0 aromatic heterocycles. The van der Waals surface area contributed by atoms with Crippen LogP contribution in [0, 0.1) is 5.92 Å². The predicted octanol–water partition coefficient (Wildman–Crippen LogP) is -5.56. The highest BCUT2D eigenvalue weighted by atomic mass is 16.4. The molecule has 4 fully saturated rings. The van der Waals surface area contributed by atoms with E-state index in [1.54, 1.807) is 30.3 Å². The molecular weight excluding hydrogens is 1420 g/mol. The summed E-state index contributed by atoms with van der Waals surface area (Å²) in [7, 11) is 0. The number of nitrogens with two attached hydrogens (primary N) is 6. The van der Waals surface area contributed by atoms with Crippen LogP contribution in [0.15, 0.2) is 54.6 Å². The number of amides is 17. The zero-order chi connectivity index (χ0) is 80.3. The van der Waals surface area contributed by atoms with E-state index in [-0.39, 0.29) is 102 Å². The average molecular weight is 1530 g/mol. The highest BCUT2D eigenvalue weighted by Gasteiger charge is 2.47. The van der Waals surface area contributed by atoms with E-state index < -0.39 is 250 Å². The second-order valence-corrected chi connectivity index (χ2v) is 28.1. The van der Waals surface area contributed by atoms with Gasteiger partial charge in [0, 0.05) is 71.1 Å². The Morgan fingerprint density at radius 3 is 1.18 bits per heavy atom. The molecule has 0 unspecified atom stereocenters. The lowest BCUT2D eigenvalue weighted by molar-refractivity contribution is -0.148. The van der Waals surface area contributed by atoms with Gasteiger partial charge in [-0.1, -0.05) is 56.3 Å². The number of benzene rings is 2. The van der Waals surface area contributed by atoms with Crippen molar-refractivity contribution in [3.63, 3.8) is 0 Å². The Morgan fingerprint density at radius 1 is 0.413 bits per heavy atom. The van der Waals surface area contributed by atoms with Crippen molar-refractivity contribution in [2.45, 2.75) is 221 Å². The third kappa shape index (κ3) is 26.5. The van der Waals surface area contributed by atoms with E-state index in [1.165, 1.54) is 34.1 Å². The number of aliphatic carboxylic acids is 1. The van der Waals surface area contributed by atoms with Gasteiger partial charge in [-0.25, -0.2) is 4.79 Å².